The molecule has 1 fully saturated rings. The number of rotatable bonds is 10. The van der Waals surface area contributed by atoms with Crippen LogP contribution in [0.2, 0.25) is 0 Å². The van der Waals surface area contributed by atoms with Crippen molar-refractivity contribution in [1.29, 1.82) is 0 Å². The highest BCUT2D eigenvalue weighted by molar-refractivity contribution is 5.68. The molecule has 1 amide bonds. The molecule has 0 aromatic heterocycles. The van der Waals surface area contributed by atoms with E-state index in [9.17, 15) is 4.79 Å². The molecule has 1 aliphatic rings. The lowest BCUT2D eigenvalue weighted by Gasteiger charge is -2.24. The molecular formula is C17H34N2O2. The van der Waals surface area contributed by atoms with E-state index in [1.807, 2.05) is 20.8 Å². The maximum absolute atomic E-state index is 11.8. The second-order valence-corrected chi connectivity index (χ2v) is 7.21. The van der Waals surface area contributed by atoms with Gasteiger partial charge in [0.25, 0.3) is 0 Å². The van der Waals surface area contributed by atoms with Crippen molar-refractivity contribution in [1.82, 2.24) is 10.6 Å². The van der Waals surface area contributed by atoms with Crippen LogP contribution in [0, 0.1) is 5.92 Å². The van der Waals surface area contributed by atoms with E-state index in [4.69, 9.17) is 4.74 Å². The van der Waals surface area contributed by atoms with Gasteiger partial charge < -0.3 is 15.4 Å². The number of unbranched alkanes of at least 4 members (excludes halogenated alkanes) is 4. The first kappa shape index (κ1) is 18.3. The van der Waals surface area contributed by atoms with Gasteiger partial charge in [0, 0.05) is 12.6 Å². The standard InChI is InChI=1S/C17H34N2O2/c1-5-6-7-8-9-12-18-13-15(14-10-11-14)19-16(20)21-17(2,3)4/h14-15,18H,5-13H2,1-4H3,(H,19,20). The first-order chi connectivity index (χ1) is 9.92. The molecule has 0 heterocycles. The molecule has 0 spiro atoms. The smallest absolute Gasteiger partial charge is 0.407 e. The Morgan fingerprint density at radius 3 is 2.43 bits per heavy atom. The van der Waals surface area contributed by atoms with Crippen LogP contribution in [-0.2, 0) is 4.74 Å². The largest absolute Gasteiger partial charge is 0.444 e. The summed E-state index contributed by atoms with van der Waals surface area (Å²) in [5, 5.41) is 6.50. The van der Waals surface area contributed by atoms with E-state index in [-0.39, 0.29) is 12.1 Å². The molecule has 0 bridgehead atoms. The van der Waals surface area contributed by atoms with Crippen LogP contribution in [0.5, 0.6) is 0 Å². The minimum Gasteiger partial charge on any atom is -0.444 e. The molecule has 1 saturated carbocycles. The highest BCUT2D eigenvalue weighted by atomic mass is 16.6. The number of nitrogens with one attached hydrogen (secondary N) is 2. The van der Waals surface area contributed by atoms with Gasteiger partial charge in [-0.1, -0.05) is 32.6 Å². The Labute approximate surface area is 130 Å². The number of ether oxygens (including phenoxy) is 1. The molecule has 4 heteroatoms. The Kier molecular flexibility index (Phi) is 8.09. The van der Waals surface area contributed by atoms with Gasteiger partial charge >= 0.3 is 6.09 Å². The maximum Gasteiger partial charge on any atom is 0.407 e. The molecule has 0 saturated heterocycles. The minimum absolute atomic E-state index is 0.218. The molecule has 1 rings (SSSR count). The van der Waals surface area contributed by atoms with Gasteiger partial charge in [-0.3, -0.25) is 0 Å². The highest BCUT2D eigenvalue weighted by Crippen LogP contribution is 2.32. The summed E-state index contributed by atoms with van der Waals surface area (Å²) in [6.07, 6.45) is 8.64. The van der Waals surface area contributed by atoms with Crippen LogP contribution in [0.3, 0.4) is 0 Å². The first-order valence-electron chi connectivity index (χ1n) is 8.62. The third-order valence-corrected chi connectivity index (χ3v) is 3.71. The van der Waals surface area contributed by atoms with Gasteiger partial charge in [0.1, 0.15) is 5.60 Å². The quantitative estimate of drug-likeness (QED) is 0.602. The van der Waals surface area contributed by atoms with Crippen molar-refractivity contribution >= 4 is 6.09 Å². The van der Waals surface area contributed by atoms with E-state index in [1.54, 1.807) is 0 Å². The van der Waals surface area contributed by atoms with Crippen LogP contribution in [0.25, 0.3) is 0 Å². The average molecular weight is 298 g/mol. The van der Waals surface area contributed by atoms with Crippen LogP contribution in [-0.4, -0.2) is 30.8 Å². The average Bonchev–Trinajstić information content (AvgIpc) is 3.18. The van der Waals surface area contributed by atoms with E-state index in [2.05, 4.69) is 17.6 Å². The van der Waals surface area contributed by atoms with E-state index in [0.717, 1.165) is 13.1 Å². The minimum atomic E-state index is -0.426. The van der Waals surface area contributed by atoms with Crippen molar-refractivity contribution in [3.8, 4) is 0 Å². The molecule has 0 aromatic carbocycles. The topological polar surface area (TPSA) is 50.4 Å². The predicted octanol–water partition coefficient (Wildman–Crippen LogP) is 3.85. The Bertz CT molecular complexity index is 296. The van der Waals surface area contributed by atoms with Gasteiger partial charge in [-0.15, -0.1) is 0 Å². The van der Waals surface area contributed by atoms with Crippen molar-refractivity contribution < 1.29 is 9.53 Å². The molecule has 4 nitrogen and oxygen atoms in total. The van der Waals surface area contributed by atoms with Gasteiger partial charge in [0.2, 0.25) is 0 Å². The van der Waals surface area contributed by atoms with Crippen LogP contribution < -0.4 is 10.6 Å². The number of hydrogen-bond acceptors (Lipinski definition) is 3. The number of hydrogen-bond donors (Lipinski definition) is 2. The second kappa shape index (κ2) is 9.29. The molecule has 1 aliphatic carbocycles. The van der Waals surface area contributed by atoms with E-state index >= 15 is 0 Å². The SMILES string of the molecule is CCCCCCCNCC(NC(=O)OC(C)(C)C)C1CC1. The molecule has 0 radical (unpaired) electrons. The number of amides is 1. The van der Waals surface area contributed by atoms with Gasteiger partial charge in [-0.25, -0.2) is 4.79 Å². The third-order valence-electron chi connectivity index (χ3n) is 3.71. The monoisotopic (exact) mass is 298 g/mol. The molecule has 2 N–H and O–H groups in total. The summed E-state index contributed by atoms with van der Waals surface area (Å²) < 4.78 is 5.34. The lowest BCUT2D eigenvalue weighted by Crippen LogP contribution is -2.45. The molecular weight excluding hydrogens is 264 g/mol. The van der Waals surface area contributed by atoms with Crippen LogP contribution in [0.1, 0.15) is 72.6 Å². The molecule has 1 atom stereocenters. The zero-order chi connectivity index (χ0) is 15.7. The van der Waals surface area contributed by atoms with E-state index < -0.39 is 5.60 Å². The van der Waals surface area contributed by atoms with Crippen molar-refractivity contribution in [2.24, 2.45) is 5.92 Å². The number of alkyl carbamates (subject to hydrolysis) is 1. The summed E-state index contributed by atoms with van der Waals surface area (Å²) in [4.78, 5) is 11.8. The molecule has 124 valence electrons. The summed E-state index contributed by atoms with van der Waals surface area (Å²) in [7, 11) is 0. The first-order valence-corrected chi connectivity index (χ1v) is 8.62. The van der Waals surface area contributed by atoms with Crippen molar-refractivity contribution in [3.63, 3.8) is 0 Å². The Hall–Kier alpha value is -0.770. The van der Waals surface area contributed by atoms with Gasteiger partial charge in [0.05, 0.1) is 0 Å². The lowest BCUT2D eigenvalue weighted by atomic mass is 10.1. The molecule has 21 heavy (non-hydrogen) atoms. The normalized spacial score (nSPS) is 16.6. The zero-order valence-corrected chi connectivity index (χ0v) is 14.3. The summed E-state index contributed by atoms with van der Waals surface area (Å²) in [5.41, 5.74) is -0.426. The Morgan fingerprint density at radius 2 is 1.86 bits per heavy atom. The second-order valence-electron chi connectivity index (χ2n) is 7.21. The molecule has 0 aliphatic heterocycles. The van der Waals surface area contributed by atoms with E-state index in [1.165, 1.54) is 44.9 Å². The fraction of sp³-hybridized carbons (Fsp3) is 0.941. The summed E-state index contributed by atoms with van der Waals surface area (Å²) in [6.45, 7) is 9.83. The molecule has 1 unspecified atom stereocenters. The van der Waals surface area contributed by atoms with Crippen molar-refractivity contribution in [3.05, 3.63) is 0 Å². The number of carbonyl (C=O) groups is 1. The zero-order valence-electron chi connectivity index (χ0n) is 14.3. The van der Waals surface area contributed by atoms with Crippen molar-refractivity contribution in [2.75, 3.05) is 13.1 Å². The third kappa shape index (κ3) is 9.72. The van der Waals surface area contributed by atoms with Gasteiger partial charge in [-0.2, -0.15) is 0 Å². The Balaban J connectivity index is 2.14. The lowest BCUT2D eigenvalue weighted by molar-refractivity contribution is 0.0497. The van der Waals surface area contributed by atoms with Crippen molar-refractivity contribution in [2.45, 2.75) is 84.3 Å². The molecule has 0 aromatic rings. The van der Waals surface area contributed by atoms with Crippen LogP contribution >= 0.6 is 0 Å². The Morgan fingerprint density at radius 1 is 1.19 bits per heavy atom. The van der Waals surface area contributed by atoms with Gasteiger partial charge in [-0.05, 0) is 52.5 Å². The summed E-state index contributed by atoms with van der Waals surface area (Å²) >= 11 is 0. The van der Waals surface area contributed by atoms with E-state index in [0.29, 0.717) is 5.92 Å². The summed E-state index contributed by atoms with van der Waals surface area (Å²) in [5.74, 6) is 0.630. The predicted molar refractivity (Wildman–Crippen MR) is 87.5 cm³/mol. The van der Waals surface area contributed by atoms with Crippen LogP contribution in [0.15, 0.2) is 0 Å². The van der Waals surface area contributed by atoms with Gasteiger partial charge in [0.15, 0.2) is 0 Å². The maximum atomic E-state index is 11.8. The number of carbonyl (C=O) groups excluding carboxylic acids is 1. The summed E-state index contributed by atoms with van der Waals surface area (Å²) in [6, 6.07) is 0.218. The highest BCUT2D eigenvalue weighted by Gasteiger charge is 2.32. The van der Waals surface area contributed by atoms with Crippen LogP contribution in [0.4, 0.5) is 4.79 Å². The fourth-order valence-corrected chi connectivity index (χ4v) is 2.40. The fourth-order valence-electron chi connectivity index (χ4n) is 2.40.